The van der Waals surface area contributed by atoms with Crippen LogP contribution in [0, 0.1) is 5.41 Å². The molecule has 0 unspecified atom stereocenters. The van der Waals surface area contributed by atoms with E-state index < -0.39 is 9.84 Å². The first-order chi connectivity index (χ1) is 9.39. The summed E-state index contributed by atoms with van der Waals surface area (Å²) in [6.45, 7) is 0.533. The zero-order chi connectivity index (χ0) is 14.6. The number of sulfone groups is 1. The zero-order valence-corrected chi connectivity index (χ0v) is 16.0. The molecule has 0 atom stereocenters. The average Bonchev–Trinajstić information content (AvgIpc) is 3.10. The van der Waals surface area contributed by atoms with Crippen molar-refractivity contribution in [2.45, 2.75) is 57.4 Å². The summed E-state index contributed by atoms with van der Waals surface area (Å²) in [5, 5.41) is 3.30. The summed E-state index contributed by atoms with van der Waals surface area (Å²) in [5.41, 5.74) is 5.81. The van der Waals surface area contributed by atoms with E-state index in [0.717, 1.165) is 25.7 Å². The molecule has 0 radical (unpaired) electrons. The Hall–Kier alpha value is -0.0500. The van der Waals surface area contributed by atoms with Crippen molar-refractivity contribution in [3.8, 4) is 0 Å². The van der Waals surface area contributed by atoms with Gasteiger partial charge in [-0.05, 0) is 25.7 Å². The van der Waals surface area contributed by atoms with Crippen LogP contribution >= 0.6 is 24.0 Å². The van der Waals surface area contributed by atoms with Crippen LogP contribution in [0.5, 0.6) is 0 Å². The van der Waals surface area contributed by atoms with E-state index in [1.165, 1.54) is 31.9 Å². The summed E-state index contributed by atoms with van der Waals surface area (Å²) in [5.74, 6) is 0.719. The summed E-state index contributed by atoms with van der Waals surface area (Å²) in [7, 11) is -2.93. The van der Waals surface area contributed by atoms with Gasteiger partial charge in [-0.2, -0.15) is 0 Å². The van der Waals surface area contributed by atoms with Crippen LogP contribution in [-0.2, 0) is 9.84 Å². The second kappa shape index (κ2) is 7.99. The van der Waals surface area contributed by atoms with Crippen LogP contribution in [0.3, 0.4) is 0 Å². The van der Waals surface area contributed by atoms with E-state index in [2.05, 4.69) is 10.3 Å². The first-order valence-corrected chi connectivity index (χ1v) is 9.69. The molecule has 0 spiro atoms. The van der Waals surface area contributed by atoms with Gasteiger partial charge < -0.3 is 11.1 Å². The Morgan fingerprint density at radius 1 is 1.24 bits per heavy atom. The molecule has 0 amide bonds. The molecular weight excluding hydrogens is 401 g/mol. The third-order valence-electron chi connectivity index (χ3n) is 4.32. The van der Waals surface area contributed by atoms with Crippen LogP contribution in [0.2, 0.25) is 0 Å². The van der Waals surface area contributed by atoms with Gasteiger partial charge in [-0.15, -0.1) is 24.0 Å². The molecule has 5 nitrogen and oxygen atoms in total. The van der Waals surface area contributed by atoms with Crippen molar-refractivity contribution in [1.82, 2.24) is 5.32 Å². The lowest BCUT2D eigenvalue weighted by atomic mass is 10.1. The molecule has 2 fully saturated rings. The maximum atomic E-state index is 11.4. The average molecular weight is 429 g/mol. The minimum Gasteiger partial charge on any atom is -0.370 e. The van der Waals surface area contributed by atoms with Gasteiger partial charge >= 0.3 is 0 Å². The quantitative estimate of drug-likeness (QED) is 0.303. The monoisotopic (exact) mass is 429 g/mol. The number of hydrogen-bond acceptors (Lipinski definition) is 3. The fourth-order valence-corrected chi connectivity index (χ4v) is 4.50. The van der Waals surface area contributed by atoms with E-state index in [9.17, 15) is 8.42 Å². The Kier molecular flexibility index (Phi) is 7.23. The highest BCUT2D eigenvalue weighted by molar-refractivity contribution is 14.0. The SMILES string of the molecule is CS(=O)(=O)CC1(CN=C(N)NC2CCCCCC2)CC1.I. The van der Waals surface area contributed by atoms with E-state index in [-0.39, 0.29) is 35.1 Å². The standard InChI is InChI=1S/C14H27N3O2S.HI/c1-20(18,19)11-14(8-9-14)10-16-13(15)17-12-6-4-2-3-5-7-12;/h12H,2-11H2,1H3,(H3,15,16,17);1H. The Morgan fingerprint density at radius 2 is 1.81 bits per heavy atom. The number of hydrogen-bond donors (Lipinski definition) is 2. The van der Waals surface area contributed by atoms with Crippen molar-refractivity contribution in [3.05, 3.63) is 0 Å². The van der Waals surface area contributed by atoms with Crippen molar-refractivity contribution in [3.63, 3.8) is 0 Å². The topological polar surface area (TPSA) is 84.5 Å². The molecule has 7 heteroatoms. The molecule has 124 valence electrons. The largest absolute Gasteiger partial charge is 0.370 e. The highest BCUT2D eigenvalue weighted by Crippen LogP contribution is 2.46. The third kappa shape index (κ3) is 7.17. The Bertz CT molecular complexity index is 453. The first kappa shape index (κ1) is 19.0. The molecule has 0 aromatic carbocycles. The number of halogens is 1. The minimum atomic E-state index is -2.93. The Morgan fingerprint density at radius 3 is 2.29 bits per heavy atom. The van der Waals surface area contributed by atoms with Crippen LogP contribution in [-0.4, -0.2) is 39.0 Å². The lowest BCUT2D eigenvalue weighted by Gasteiger charge is -2.17. The minimum absolute atomic E-state index is 0. The summed E-state index contributed by atoms with van der Waals surface area (Å²) in [6, 6.07) is 0.436. The molecule has 0 aromatic rings. The maximum absolute atomic E-state index is 11.4. The molecule has 2 saturated carbocycles. The molecule has 2 rings (SSSR count). The van der Waals surface area contributed by atoms with Crippen molar-refractivity contribution >= 4 is 39.8 Å². The first-order valence-electron chi connectivity index (χ1n) is 7.63. The van der Waals surface area contributed by atoms with Gasteiger partial charge in [0.1, 0.15) is 9.84 Å². The number of nitrogens with one attached hydrogen (secondary N) is 1. The van der Waals surface area contributed by atoms with Gasteiger partial charge in [-0.1, -0.05) is 25.7 Å². The van der Waals surface area contributed by atoms with Crippen LogP contribution in [0.1, 0.15) is 51.4 Å². The van der Waals surface area contributed by atoms with E-state index in [1.54, 1.807) is 0 Å². The molecule has 2 aliphatic rings. The Balaban J connectivity index is 0.00000220. The maximum Gasteiger partial charge on any atom is 0.188 e. The second-order valence-corrected chi connectivity index (χ2v) is 8.74. The molecular formula is C14H28IN3O2S. The summed E-state index contributed by atoms with van der Waals surface area (Å²) in [4.78, 5) is 4.39. The van der Waals surface area contributed by atoms with Crippen molar-refractivity contribution in [2.75, 3.05) is 18.6 Å². The van der Waals surface area contributed by atoms with E-state index >= 15 is 0 Å². The molecule has 0 aliphatic heterocycles. The van der Waals surface area contributed by atoms with Crippen LogP contribution < -0.4 is 11.1 Å². The summed E-state index contributed by atoms with van der Waals surface area (Å²) >= 11 is 0. The van der Waals surface area contributed by atoms with Gasteiger partial charge in [-0.3, -0.25) is 4.99 Å². The van der Waals surface area contributed by atoms with Gasteiger partial charge in [0.25, 0.3) is 0 Å². The van der Waals surface area contributed by atoms with Gasteiger partial charge in [0.2, 0.25) is 0 Å². The molecule has 2 aliphatic carbocycles. The van der Waals surface area contributed by atoms with Crippen LogP contribution in [0.25, 0.3) is 0 Å². The summed E-state index contributed by atoms with van der Waals surface area (Å²) in [6.07, 6.45) is 10.6. The van der Waals surface area contributed by atoms with Crippen molar-refractivity contribution in [2.24, 2.45) is 16.1 Å². The van der Waals surface area contributed by atoms with Gasteiger partial charge in [0.15, 0.2) is 5.96 Å². The number of guanidine groups is 1. The molecule has 0 bridgehead atoms. The van der Waals surface area contributed by atoms with E-state index in [0.29, 0.717) is 18.5 Å². The van der Waals surface area contributed by atoms with Crippen LogP contribution in [0.4, 0.5) is 0 Å². The predicted octanol–water partition coefficient (Wildman–Crippen LogP) is 2.06. The predicted molar refractivity (Wildman–Crippen MR) is 97.9 cm³/mol. The number of rotatable bonds is 5. The number of nitrogens with two attached hydrogens (primary N) is 1. The van der Waals surface area contributed by atoms with E-state index in [1.807, 2.05) is 0 Å². The highest BCUT2D eigenvalue weighted by atomic mass is 127. The highest BCUT2D eigenvalue weighted by Gasteiger charge is 2.45. The number of nitrogens with zero attached hydrogens (tertiary/aromatic N) is 1. The second-order valence-electron chi connectivity index (χ2n) is 6.60. The van der Waals surface area contributed by atoms with Gasteiger partial charge in [-0.25, -0.2) is 8.42 Å². The molecule has 0 saturated heterocycles. The molecule has 21 heavy (non-hydrogen) atoms. The molecule has 0 aromatic heterocycles. The fraction of sp³-hybridized carbons (Fsp3) is 0.929. The van der Waals surface area contributed by atoms with Crippen molar-refractivity contribution in [1.29, 1.82) is 0 Å². The Labute approximate surface area is 145 Å². The normalized spacial score (nSPS) is 23.0. The summed E-state index contributed by atoms with van der Waals surface area (Å²) < 4.78 is 22.8. The lowest BCUT2D eigenvalue weighted by Crippen LogP contribution is -2.40. The molecule has 3 N–H and O–H groups in total. The molecule has 0 heterocycles. The van der Waals surface area contributed by atoms with Crippen molar-refractivity contribution < 1.29 is 8.42 Å². The zero-order valence-electron chi connectivity index (χ0n) is 12.8. The van der Waals surface area contributed by atoms with E-state index in [4.69, 9.17) is 5.73 Å². The van der Waals surface area contributed by atoms with Crippen LogP contribution in [0.15, 0.2) is 4.99 Å². The third-order valence-corrected chi connectivity index (χ3v) is 5.45. The fourth-order valence-electron chi connectivity index (χ4n) is 3.01. The smallest absolute Gasteiger partial charge is 0.188 e. The van der Waals surface area contributed by atoms with Gasteiger partial charge in [0.05, 0.1) is 5.75 Å². The number of aliphatic imine (C=N–C) groups is 1. The lowest BCUT2D eigenvalue weighted by molar-refractivity contribution is 0.523. The van der Waals surface area contributed by atoms with Gasteiger partial charge in [0, 0.05) is 24.3 Å².